The van der Waals surface area contributed by atoms with E-state index in [1.54, 1.807) is 6.07 Å². The van der Waals surface area contributed by atoms with E-state index < -0.39 is 5.97 Å². The van der Waals surface area contributed by atoms with E-state index in [2.05, 4.69) is 15.6 Å². The molecule has 2 rings (SSSR count). The molecule has 18 heavy (non-hydrogen) atoms. The summed E-state index contributed by atoms with van der Waals surface area (Å²) in [5.74, 6) is -0.626. The number of pyridine rings is 1. The first-order chi connectivity index (χ1) is 8.15. The summed E-state index contributed by atoms with van der Waals surface area (Å²) in [6.07, 6.45) is 4.38. The predicted molar refractivity (Wildman–Crippen MR) is 69.9 cm³/mol. The largest absolute Gasteiger partial charge is 0.478 e. The number of rotatable bonds is 2. The van der Waals surface area contributed by atoms with Gasteiger partial charge in [0, 0.05) is 25.2 Å². The van der Waals surface area contributed by atoms with Crippen LogP contribution in [0.4, 0.5) is 11.5 Å². The van der Waals surface area contributed by atoms with Gasteiger partial charge < -0.3 is 15.7 Å². The van der Waals surface area contributed by atoms with Gasteiger partial charge >= 0.3 is 5.97 Å². The summed E-state index contributed by atoms with van der Waals surface area (Å²) >= 11 is 0. The number of hydrogen-bond acceptors (Lipinski definition) is 4. The number of amides is 1. The van der Waals surface area contributed by atoms with Crippen molar-refractivity contribution in [1.82, 2.24) is 4.98 Å². The number of aliphatic carboxylic acids is 1. The minimum Gasteiger partial charge on any atom is -0.478 e. The molecule has 0 spiro atoms. The van der Waals surface area contributed by atoms with Crippen LogP contribution < -0.4 is 10.6 Å². The first-order valence-electron chi connectivity index (χ1n) is 5.10. The van der Waals surface area contributed by atoms with Gasteiger partial charge in [-0.3, -0.25) is 4.79 Å². The lowest BCUT2D eigenvalue weighted by atomic mass is 10.2. The molecule has 96 valence electrons. The third-order valence-corrected chi connectivity index (χ3v) is 2.25. The van der Waals surface area contributed by atoms with Gasteiger partial charge in [0.2, 0.25) is 5.91 Å². The monoisotopic (exact) mass is 269 g/mol. The lowest BCUT2D eigenvalue weighted by Gasteiger charge is -2.06. The molecule has 0 unspecified atom stereocenters. The highest BCUT2D eigenvalue weighted by Gasteiger charge is 2.12. The summed E-state index contributed by atoms with van der Waals surface area (Å²) in [7, 11) is 0. The van der Waals surface area contributed by atoms with Crippen LogP contribution in [0.2, 0.25) is 0 Å². The Kier molecular flexibility index (Phi) is 4.67. The molecule has 1 aliphatic heterocycles. The molecule has 3 N–H and O–H groups in total. The van der Waals surface area contributed by atoms with Crippen molar-refractivity contribution in [2.75, 3.05) is 17.2 Å². The summed E-state index contributed by atoms with van der Waals surface area (Å²) < 4.78 is 0. The van der Waals surface area contributed by atoms with E-state index in [0.717, 1.165) is 6.08 Å². The van der Waals surface area contributed by atoms with Crippen LogP contribution in [0.1, 0.15) is 12.0 Å². The lowest BCUT2D eigenvalue weighted by molar-refractivity contribution is -0.131. The van der Waals surface area contributed by atoms with Crippen LogP contribution in [0.5, 0.6) is 0 Å². The zero-order chi connectivity index (χ0) is 12.3. The number of fused-ring (bicyclic) bond motifs is 1. The second-order valence-electron chi connectivity index (χ2n) is 3.56. The van der Waals surface area contributed by atoms with Crippen LogP contribution >= 0.6 is 12.4 Å². The molecule has 0 aromatic carbocycles. The van der Waals surface area contributed by atoms with Crippen LogP contribution in [-0.4, -0.2) is 28.5 Å². The topological polar surface area (TPSA) is 91.3 Å². The van der Waals surface area contributed by atoms with Gasteiger partial charge in [-0.2, -0.15) is 0 Å². The summed E-state index contributed by atoms with van der Waals surface area (Å²) in [6.45, 7) is 0.534. The average molecular weight is 270 g/mol. The molecule has 0 atom stereocenters. The number of carboxylic acid groups (broad SMARTS) is 1. The molecule has 7 heteroatoms. The van der Waals surface area contributed by atoms with Crippen molar-refractivity contribution in [3.8, 4) is 0 Å². The highest BCUT2D eigenvalue weighted by atomic mass is 35.5. The molecule has 0 saturated carbocycles. The van der Waals surface area contributed by atoms with Crippen LogP contribution in [0, 0.1) is 0 Å². The van der Waals surface area contributed by atoms with Crippen molar-refractivity contribution in [2.24, 2.45) is 0 Å². The Morgan fingerprint density at radius 2 is 2.28 bits per heavy atom. The van der Waals surface area contributed by atoms with Crippen LogP contribution in [0.15, 0.2) is 18.3 Å². The van der Waals surface area contributed by atoms with E-state index in [0.29, 0.717) is 30.0 Å². The molecule has 0 bridgehead atoms. The Bertz CT molecular complexity index is 502. The number of nitrogens with one attached hydrogen (secondary N) is 2. The molecule has 1 amide bonds. The average Bonchev–Trinajstić information content (AvgIpc) is 2.46. The fourth-order valence-corrected chi connectivity index (χ4v) is 1.48. The summed E-state index contributed by atoms with van der Waals surface area (Å²) in [5.41, 5.74) is 1.36. The van der Waals surface area contributed by atoms with Crippen molar-refractivity contribution in [3.63, 3.8) is 0 Å². The zero-order valence-corrected chi connectivity index (χ0v) is 10.2. The number of halogens is 1. The molecule has 1 aliphatic rings. The Hall–Kier alpha value is -2.08. The van der Waals surface area contributed by atoms with Crippen molar-refractivity contribution in [3.05, 3.63) is 23.9 Å². The number of anilines is 2. The number of aromatic nitrogens is 1. The van der Waals surface area contributed by atoms with E-state index in [9.17, 15) is 9.59 Å². The van der Waals surface area contributed by atoms with E-state index in [-0.39, 0.29) is 18.3 Å². The van der Waals surface area contributed by atoms with Gasteiger partial charge in [0.05, 0.1) is 5.69 Å². The second-order valence-corrected chi connectivity index (χ2v) is 3.56. The number of nitrogens with zero attached hydrogens (tertiary/aromatic N) is 1. The first kappa shape index (κ1) is 14.0. The number of carboxylic acids is 1. The van der Waals surface area contributed by atoms with E-state index >= 15 is 0 Å². The second kappa shape index (κ2) is 6.02. The third kappa shape index (κ3) is 3.46. The smallest absolute Gasteiger partial charge is 0.328 e. The number of hydrogen-bond donors (Lipinski definition) is 3. The molecule has 2 heterocycles. The standard InChI is InChI=1S/C11H11N3O3.ClH/c15-9-3-4-12-8-5-7(1-2-10(16)17)6-13-11(8)14-9;/h1-2,5-6,12H,3-4H2,(H,16,17)(H,13,14,15);1H/b2-1+;. The van der Waals surface area contributed by atoms with Crippen LogP contribution in [-0.2, 0) is 9.59 Å². The molecule has 0 aliphatic carbocycles. The highest BCUT2D eigenvalue weighted by Crippen LogP contribution is 2.23. The summed E-state index contributed by atoms with van der Waals surface area (Å²) in [6, 6.07) is 1.74. The molecular formula is C11H12ClN3O3. The minimum absolute atomic E-state index is 0. The fourth-order valence-electron chi connectivity index (χ4n) is 1.48. The van der Waals surface area contributed by atoms with E-state index in [1.165, 1.54) is 12.3 Å². The van der Waals surface area contributed by atoms with Crippen molar-refractivity contribution >= 4 is 41.9 Å². The van der Waals surface area contributed by atoms with Gasteiger partial charge in [0.25, 0.3) is 0 Å². The maximum absolute atomic E-state index is 11.3. The van der Waals surface area contributed by atoms with E-state index in [1.807, 2.05) is 0 Å². The highest BCUT2D eigenvalue weighted by molar-refractivity contribution is 5.95. The van der Waals surface area contributed by atoms with Gasteiger partial charge in [-0.1, -0.05) is 0 Å². The van der Waals surface area contributed by atoms with Gasteiger partial charge in [-0.25, -0.2) is 9.78 Å². The first-order valence-corrected chi connectivity index (χ1v) is 5.10. The van der Waals surface area contributed by atoms with Gasteiger partial charge in [-0.05, 0) is 17.7 Å². The van der Waals surface area contributed by atoms with Gasteiger partial charge in [0.1, 0.15) is 0 Å². The Labute approximate surface area is 110 Å². The maximum Gasteiger partial charge on any atom is 0.328 e. The van der Waals surface area contributed by atoms with Crippen molar-refractivity contribution in [2.45, 2.75) is 6.42 Å². The van der Waals surface area contributed by atoms with E-state index in [4.69, 9.17) is 5.11 Å². The molecule has 6 nitrogen and oxygen atoms in total. The number of carbonyl (C=O) groups excluding carboxylic acids is 1. The minimum atomic E-state index is -1.01. The third-order valence-electron chi connectivity index (χ3n) is 2.25. The Morgan fingerprint density at radius 1 is 1.50 bits per heavy atom. The zero-order valence-electron chi connectivity index (χ0n) is 9.34. The molecule has 0 fully saturated rings. The van der Waals surface area contributed by atoms with Crippen molar-refractivity contribution < 1.29 is 14.7 Å². The normalized spacial score (nSPS) is 13.9. The summed E-state index contributed by atoms with van der Waals surface area (Å²) in [5, 5.41) is 14.2. The Morgan fingerprint density at radius 3 is 3.00 bits per heavy atom. The molecule has 0 radical (unpaired) electrons. The van der Waals surface area contributed by atoms with Crippen molar-refractivity contribution in [1.29, 1.82) is 0 Å². The molecule has 1 aromatic rings. The maximum atomic E-state index is 11.3. The quantitative estimate of drug-likeness (QED) is 0.705. The van der Waals surface area contributed by atoms with Crippen LogP contribution in [0.25, 0.3) is 6.08 Å². The molecule has 1 aromatic heterocycles. The predicted octanol–water partition coefficient (Wildman–Crippen LogP) is 1.36. The van der Waals surface area contributed by atoms with Gasteiger partial charge in [-0.15, -0.1) is 12.4 Å². The lowest BCUT2D eigenvalue weighted by Crippen LogP contribution is -2.11. The fraction of sp³-hybridized carbons (Fsp3) is 0.182. The van der Waals surface area contributed by atoms with Gasteiger partial charge in [0.15, 0.2) is 5.82 Å². The SMILES string of the molecule is Cl.O=C(O)/C=C/c1cnc2c(c1)NCCC(=O)N2. The van der Waals surface area contributed by atoms with Crippen LogP contribution in [0.3, 0.4) is 0 Å². The number of carbonyl (C=O) groups is 2. The Balaban J connectivity index is 0.00000162. The summed E-state index contributed by atoms with van der Waals surface area (Å²) in [4.78, 5) is 25.7. The molecular weight excluding hydrogens is 258 g/mol. The molecule has 0 saturated heterocycles.